The number of rotatable bonds is 8. The van der Waals surface area contributed by atoms with E-state index in [1.807, 2.05) is 13.0 Å². The average Bonchev–Trinajstić information content (AvgIpc) is 3.09. The Morgan fingerprint density at radius 2 is 1.65 bits per heavy atom. The molecular weight excluding hydrogens is 434 g/mol. The van der Waals surface area contributed by atoms with Gasteiger partial charge in [0.05, 0.1) is 23.4 Å². The van der Waals surface area contributed by atoms with Crippen molar-refractivity contribution in [1.29, 1.82) is 0 Å². The summed E-state index contributed by atoms with van der Waals surface area (Å²) in [4.78, 5) is 50.9. The number of nitrogens with two attached hydrogens (primary N) is 1. The number of benzene rings is 3. The normalized spacial score (nSPS) is 12.4. The molecule has 8 nitrogen and oxygen atoms in total. The highest BCUT2D eigenvalue weighted by atomic mass is 16.5. The third-order valence-electron chi connectivity index (χ3n) is 5.47. The van der Waals surface area contributed by atoms with Gasteiger partial charge in [-0.2, -0.15) is 0 Å². The van der Waals surface area contributed by atoms with Crippen LogP contribution < -0.4 is 20.7 Å². The summed E-state index contributed by atoms with van der Waals surface area (Å²) in [7, 11) is 0. The fourth-order valence-electron chi connectivity index (χ4n) is 3.78. The highest BCUT2D eigenvalue weighted by Gasteiger charge is 2.37. The summed E-state index contributed by atoms with van der Waals surface area (Å²) in [6.07, 6.45) is 0.501. The Labute approximate surface area is 196 Å². The van der Waals surface area contributed by atoms with E-state index in [2.05, 4.69) is 5.32 Å². The van der Waals surface area contributed by atoms with Crippen molar-refractivity contribution in [2.24, 2.45) is 5.73 Å². The zero-order chi connectivity index (χ0) is 24.2. The Bertz CT molecular complexity index is 1280. The van der Waals surface area contributed by atoms with Crippen molar-refractivity contribution in [3.63, 3.8) is 0 Å². The first kappa shape index (κ1) is 22.7. The number of hydrogen-bond donors (Lipinski definition) is 2. The van der Waals surface area contributed by atoms with Gasteiger partial charge in [-0.05, 0) is 73.5 Å². The number of nitrogens with one attached hydrogen (secondary N) is 1. The molecular formula is C26H23N3O5. The van der Waals surface area contributed by atoms with Crippen molar-refractivity contribution in [2.75, 3.05) is 18.1 Å². The second-order valence-electron chi connectivity index (χ2n) is 7.70. The number of primary amides is 1. The third-order valence-corrected chi connectivity index (χ3v) is 5.47. The summed E-state index contributed by atoms with van der Waals surface area (Å²) < 4.78 is 5.40. The molecule has 0 atom stereocenters. The van der Waals surface area contributed by atoms with Crippen LogP contribution in [0.15, 0.2) is 66.7 Å². The number of anilines is 1. The van der Waals surface area contributed by atoms with Crippen LogP contribution in [0, 0.1) is 0 Å². The Hall–Kier alpha value is -4.46. The van der Waals surface area contributed by atoms with Crippen LogP contribution in [0.5, 0.6) is 5.75 Å². The number of ether oxygens (including phenoxy) is 1. The van der Waals surface area contributed by atoms with E-state index in [4.69, 9.17) is 10.5 Å². The van der Waals surface area contributed by atoms with E-state index in [0.717, 1.165) is 10.5 Å². The second-order valence-corrected chi connectivity index (χ2v) is 7.70. The molecule has 1 heterocycles. The zero-order valence-corrected chi connectivity index (χ0v) is 18.5. The van der Waals surface area contributed by atoms with Gasteiger partial charge in [0.15, 0.2) is 0 Å². The van der Waals surface area contributed by atoms with Gasteiger partial charge in [-0.1, -0.05) is 12.1 Å². The molecule has 3 aromatic rings. The fourth-order valence-corrected chi connectivity index (χ4v) is 3.78. The Balaban J connectivity index is 1.44. The maximum absolute atomic E-state index is 13.0. The van der Waals surface area contributed by atoms with Gasteiger partial charge in [-0.3, -0.25) is 19.2 Å². The predicted molar refractivity (Wildman–Crippen MR) is 126 cm³/mol. The standard InChI is InChI=1S/C26H23N3O5/c1-2-34-20-9-7-19(8-10-20)29-25(32)21-11-6-18(15-22(21)26(29)33)24(31)28-13-12-16-4-3-5-17(14-16)23(27)30/h3-11,14-15H,2,12-13H2,1H3,(H2,27,30)(H,28,31). The highest BCUT2D eigenvalue weighted by Crippen LogP contribution is 2.30. The van der Waals surface area contributed by atoms with Gasteiger partial charge >= 0.3 is 0 Å². The van der Waals surface area contributed by atoms with Gasteiger partial charge in [0.25, 0.3) is 17.7 Å². The monoisotopic (exact) mass is 457 g/mol. The first-order chi connectivity index (χ1) is 16.4. The summed E-state index contributed by atoms with van der Waals surface area (Å²) in [5.41, 5.74) is 7.70. The van der Waals surface area contributed by atoms with Gasteiger partial charge in [-0.15, -0.1) is 0 Å². The maximum atomic E-state index is 13.0. The van der Waals surface area contributed by atoms with Crippen LogP contribution in [0.1, 0.15) is 53.9 Å². The number of nitrogens with zero attached hydrogens (tertiary/aromatic N) is 1. The molecule has 3 aromatic carbocycles. The lowest BCUT2D eigenvalue weighted by Crippen LogP contribution is -2.29. The lowest BCUT2D eigenvalue weighted by molar-refractivity contribution is 0.0922. The van der Waals surface area contributed by atoms with E-state index in [9.17, 15) is 19.2 Å². The number of hydrogen-bond acceptors (Lipinski definition) is 5. The van der Waals surface area contributed by atoms with Crippen molar-refractivity contribution in [3.8, 4) is 5.75 Å². The SMILES string of the molecule is CCOc1ccc(N2C(=O)c3ccc(C(=O)NCCc4cccc(C(N)=O)c4)cc3C2=O)cc1. The van der Waals surface area contributed by atoms with Crippen molar-refractivity contribution in [2.45, 2.75) is 13.3 Å². The maximum Gasteiger partial charge on any atom is 0.266 e. The summed E-state index contributed by atoms with van der Waals surface area (Å²) in [6.45, 7) is 2.70. The molecule has 34 heavy (non-hydrogen) atoms. The zero-order valence-electron chi connectivity index (χ0n) is 18.5. The average molecular weight is 457 g/mol. The van der Waals surface area contributed by atoms with Crippen molar-refractivity contribution in [1.82, 2.24) is 5.32 Å². The number of imide groups is 1. The molecule has 0 bridgehead atoms. The Kier molecular flexibility index (Phi) is 6.40. The number of carbonyl (C=O) groups excluding carboxylic acids is 4. The van der Waals surface area contributed by atoms with E-state index < -0.39 is 17.7 Å². The van der Waals surface area contributed by atoms with Crippen LogP contribution in [0.25, 0.3) is 0 Å². The van der Waals surface area contributed by atoms with Gasteiger partial charge in [0.2, 0.25) is 5.91 Å². The molecule has 4 amide bonds. The number of fused-ring (bicyclic) bond motifs is 1. The first-order valence-corrected chi connectivity index (χ1v) is 10.8. The molecule has 0 saturated heterocycles. The van der Waals surface area contributed by atoms with E-state index in [1.54, 1.807) is 42.5 Å². The topological polar surface area (TPSA) is 119 Å². The Morgan fingerprint density at radius 3 is 2.35 bits per heavy atom. The first-order valence-electron chi connectivity index (χ1n) is 10.8. The molecule has 1 aliphatic heterocycles. The van der Waals surface area contributed by atoms with E-state index >= 15 is 0 Å². The van der Waals surface area contributed by atoms with E-state index in [-0.39, 0.29) is 22.6 Å². The van der Waals surface area contributed by atoms with Gasteiger partial charge in [0.1, 0.15) is 5.75 Å². The van der Waals surface area contributed by atoms with Crippen LogP contribution in [0.4, 0.5) is 5.69 Å². The van der Waals surface area contributed by atoms with Gasteiger partial charge in [-0.25, -0.2) is 4.90 Å². The summed E-state index contributed by atoms with van der Waals surface area (Å²) in [5.74, 6) is -1.16. The van der Waals surface area contributed by atoms with Crippen LogP contribution in [0.3, 0.4) is 0 Å². The van der Waals surface area contributed by atoms with Gasteiger partial charge in [0, 0.05) is 17.7 Å². The minimum absolute atomic E-state index is 0.181. The predicted octanol–water partition coefficient (Wildman–Crippen LogP) is 2.96. The van der Waals surface area contributed by atoms with Crippen LogP contribution in [0.2, 0.25) is 0 Å². The minimum atomic E-state index is -0.512. The molecule has 0 saturated carbocycles. The summed E-state index contributed by atoms with van der Waals surface area (Å²) in [6, 6.07) is 18.0. The third kappa shape index (κ3) is 4.52. The molecule has 1 aliphatic rings. The highest BCUT2D eigenvalue weighted by molar-refractivity contribution is 6.34. The largest absolute Gasteiger partial charge is 0.494 e. The van der Waals surface area contributed by atoms with Crippen molar-refractivity contribution < 1.29 is 23.9 Å². The molecule has 0 unspecified atom stereocenters. The molecule has 0 aromatic heterocycles. The van der Waals surface area contributed by atoms with Crippen LogP contribution in [-0.4, -0.2) is 36.8 Å². The molecule has 3 N–H and O–H groups in total. The van der Waals surface area contributed by atoms with E-state index in [0.29, 0.717) is 36.6 Å². The fraction of sp³-hybridized carbons (Fsp3) is 0.154. The molecule has 0 aliphatic carbocycles. The minimum Gasteiger partial charge on any atom is -0.494 e. The quantitative estimate of drug-likeness (QED) is 0.504. The lowest BCUT2D eigenvalue weighted by atomic mass is 10.0. The molecule has 4 rings (SSSR count). The van der Waals surface area contributed by atoms with Crippen molar-refractivity contribution >= 4 is 29.3 Å². The number of amides is 4. The van der Waals surface area contributed by atoms with E-state index in [1.165, 1.54) is 18.2 Å². The molecule has 8 heteroatoms. The van der Waals surface area contributed by atoms with Crippen LogP contribution >= 0.6 is 0 Å². The molecule has 0 fully saturated rings. The smallest absolute Gasteiger partial charge is 0.266 e. The Morgan fingerprint density at radius 1 is 0.912 bits per heavy atom. The summed E-state index contributed by atoms with van der Waals surface area (Å²) in [5, 5.41) is 2.80. The number of carbonyl (C=O) groups is 4. The second kappa shape index (κ2) is 9.58. The summed E-state index contributed by atoms with van der Waals surface area (Å²) >= 11 is 0. The lowest BCUT2D eigenvalue weighted by Gasteiger charge is -2.14. The van der Waals surface area contributed by atoms with Crippen molar-refractivity contribution in [3.05, 3.63) is 94.5 Å². The van der Waals surface area contributed by atoms with Gasteiger partial charge < -0.3 is 15.8 Å². The molecule has 0 spiro atoms. The van der Waals surface area contributed by atoms with Crippen LogP contribution in [-0.2, 0) is 6.42 Å². The molecule has 0 radical (unpaired) electrons. The molecule has 172 valence electrons.